The number of nitrogens with zero attached hydrogens (tertiary/aromatic N) is 2. The van der Waals surface area contributed by atoms with E-state index in [1.807, 2.05) is 0 Å². The number of carbonyl (C=O) groups excluding carboxylic acids is 2. The summed E-state index contributed by atoms with van der Waals surface area (Å²) in [5, 5.41) is 0.513. The Balaban J connectivity index is 2.37. The van der Waals surface area contributed by atoms with Gasteiger partial charge < -0.3 is 4.74 Å². The van der Waals surface area contributed by atoms with E-state index in [1.165, 1.54) is 7.11 Å². The average Bonchev–Trinajstić information content (AvgIpc) is 2.51. The van der Waals surface area contributed by atoms with Gasteiger partial charge in [0.05, 0.1) is 13.7 Å². The molecule has 6 nitrogen and oxygen atoms in total. The molecule has 0 aliphatic carbocycles. The molecule has 0 saturated heterocycles. The fourth-order valence-corrected chi connectivity index (χ4v) is 2.01. The second-order valence-electron chi connectivity index (χ2n) is 4.53. The number of methoxy groups -OCH3 is 1. The molecule has 0 radical (unpaired) electrons. The van der Waals surface area contributed by atoms with Gasteiger partial charge in [0, 0.05) is 16.8 Å². The number of hydrogen-bond donors (Lipinski definition) is 0. The Morgan fingerprint density at radius 3 is 2.50 bits per heavy atom. The van der Waals surface area contributed by atoms with Crippen molar-refractivity contribution in [1.29, 1.82) is 0 Å². The number of halogens is 1. The SMILES string of the molecule is COC(=O)c1cnc(C)n(CC(=O)c2ccc(Cl)cc2)c1=O. The monoisotopic (exact) mass is 320 g/mol. The van der Waals surface area contributed by atoms with Gasteiger partial charge in [-0.1, -0.05) is 11.6 Å². The first kappa shape index (κ1) is 15.9. The minimum Gasteiger partial charge on any atom is -0.465 e. The number of carbonyl (C=O) groups is 2. The molecule has 7 heteroatoms. The van der Waals surface area contributed by atoms with Crippen LogP contribution in [-0.4, -0.2) is 28.4 Å². The number of aryl methyl sites for hydroxylation is 1. The summed E-state index contributed by atoms with van der Waals surface area (Å²) in [6.45, 7) is 1.36. The summed E-state index contributed by atoms with van der Waals surface area (Å²) in [6.07, 6.45) is 1.15. The summed E-state index contributed by atoms with van der Waals surface area (Å²) in [7, 11) is 1.17. The van der Waals surface area contributed by atoms with Crippen molar-refractivity contribution in [3.63, 3.8) is 0 Å². The number of ether oxygens (including phenoxy) is 1. The molecule has 0 aliphatic rings. The van der Waals surface area contributed by atoms with Crippen LogP contribution < -0.4 is 5.56 Å². The van der Waals surface area contributed by atoms with E-state index in [0.29, 0.717) is 16.4 Å². The van der Waals surface area contributed by atoms with Crippen LogP contribution in [0.1, 0.15) is 26.5 Å². The molecule has 1 aromatic heterocycles. The average molecular weight is 321 g/mol. The van der Waals surface area contributed by atoms with Crippen molar-refractivity contribution < 1.29 is 14.3 Å². The third-order valence-electron chi connectivity index (χ3n) is 3.12. The summed E-state index contributed by atoms with van der Waals surface area (Å²) in [6, 6.07) is 6.33. The lowest BCUT2D eigenvalue weighted by Crippen LogP contribution is -2.32. The van der Waals surface area contributed by atoms with Crippen LogP contribution in [0.15, 0.2) is 35.3 Å². The topological polar surface area (TPSA) is 78.3 Å². The summed E-state index contributed by atoms with van der Waals surface area (Å²) in [5.41, 5.74) is -0.405. The molecule has 0 spiro atoms. The van der Waals surface area contributed by atoms with Gasteiger partial charge in [0.1, 0.15) is 11.4 Å². The number of Topliss-reactive ketones (excluding diaryl/α,β-unsaturated/α-hetero) is 1. The fourth-order valence-electron chi connectivity index (χ4n) is 1.88. The van der Waals surface area contributed by atoms with Gasteiger partial charge in [-0.25, -0.2) is 9.78 Å². The molecular formula is C15H13ClN2O4. The highest BCUT2D eigenvalue weighted by Gasteiger charge is 2.17. The number of rotatable bonds is 4. The van der Waals surface area contributed by atoms with Crippen molar-refractivity contribution >= 4 is 23.4 Å². The summed E-state index contributed by atoms with van der Waals surface area (Å²) in [4.78, 5) is 40.0. The van der Waals surface area contributed by atoms with Crippen molar-refractivity contribution in [2.45, 2.75) is 13.5 Å². The zero-order valence-electron chi connectivity index (χ0n) is 12.0. The number of ketones is 1. The molecule has 2 aromatic rings. The Morgan fingerprint density at radius 1 is 1.27 bits per heavy atom. The molecule has 0 unspecified atom stereocenters. The van der Waals surface area contributed by atoms with E-state index in [-0.39, 0.29) is 17.9 Å². The quantitative estimate of drug-likeness (QED) is 0.635. The van der Waals surface area contributed by atoms with Gasteiger partial charge in [0.2, 0.25) is 0 Å². The minimum absolute atomic E-state index is 0.211. The first-order chi connectivity index (χ1) is 10.4. The number of aromatic nitrogens is 2. The van der Waals surface area contributed by atoms with Crippen molar-refractivity contribution in [2.75, 3.05) is 7.11 Å². The van der Waals surface area contributed by atoms with Crippen LogP contribution in [-0.2, 0) is 11.3 Å². The van der Waals surface area contributed by atoms with Crippen molar-refractivity contribution in [3.8, 4) is 0 Å². The molecular weight excluding hydrogens is 308 g/mol. The maximum absolute atomic E-state index is 12.3. The Bertz CT molecular complexity index is 781. The molecule has 0 saturated carbocycles. The predicted octanol–water partition coefficient (Wildman–Crippen LogP) is 1.87. The Labute approximate surface area is 131 Å². The second-order valence-corrected chi connectivity index (χ2v) is 4.97. The molecule has 114 valence electrons. The Morgan fingerprint density at radius 2 is 1.91 bits per heavy atom. The standard InChI is InChI=1S/C15H13ClN2O4/c1-9-17-7-12(15(21)22-2)14(20)18(9)8-13(19)10-3-5-11(16)6-4-10/h3-7H,8H2,1-2H3. The maximum atomic E-state index is 12.3. The fraction of sp³-hybridized carbons (Fsp3) is 0.200. The zero-order chi connectivity index (χ0) is 16.3. The van der Waals surface area contributed by atoms with Crippen LogP contribution in [0.2, 0.25) is 5.02 Å². The lowest BCUT2D eigenvalue weighted by atomic mass is 10.1. The van der Waals surface area contributed by atoms with Crippen LogP contribution in [0, 0.1) is 6.92 Å². The van der Waals surface area contributed by atoms with Crippen LogP contribution in [0.3, 0.4) is 0 Å². The molecule has 22 heavy (non-hydrogen) atoms. The highest BCUT2D eigenvalue weighted by Crippen LogP contribution is 2.10. The van der Waals surface area contributed by atoms with Gasteiger partial charge in [-0.05, 0) is 31.2 Å². The van der Waals surface area contributed by atoms with Gasteiger partial charge in [-0.3, -0.25) is 14.2 Å². The van der Waals surface area contributed by atoms with Gasteiger partial charge in [-0.15, -0.1) is 0 Å². The van der Waals surface area contributed by atoms with E-state index in [2.05, 4.69) is 9.72 Å². The van der Waals surface area contributed by atoms with E-state index in [9.17, 15) is 14.4 Å². The van der Waals surface area contributed by atoms with Crippen molar-refractivity contribution in [1.82, 2.24) is 9.55 Å². The smallest absolute Gasteiger partial charge is 0.345 e. The van der Waals surface area contributed by atoms with Crippen molar-refractivity contribution in [3.05, 3.63) is 62.8 Å². The number of hydrogen-bond acceptors (Lipinski definition) is 5. The maximum Gasteiger partial charge on any atom is 0.345 e. The van der Waals surface area contributed by atoms with Gasteiger partial charge in [0.25, 0.3) is 5.56 Å². The van der Waals surface area contributed by atoms with Gasteiger partial charge >= 0.3 is 5.97 Å². The molecule has 1 heterocycles. The molecule has 0 fully saturated rings. The largest absolute Gasteiger partial charge is 0.465 e. The van der Waals surface area contributed by atoms with Crippen LogP contribution in [0.5, 0.6) is 0 Å². The number of esters is 1. The summed E-state index contributed by atoms with van der Waals surface area (Å²) in [5.74, 6) is -0.740. The Hall–Kier alpha value is -2.47. The molecule has 0 bridgehead atoms. The Kier molecular flexibility index (Phi) is 4.72. The second kappa shape index (κ2) is 6.53. The van der Waals surface area contributed by atoms with Crippen LogP contribution in [0.25, 0.3) is 0 Å². The highest BCUT2D eigenvalue weighted by molar-refractivity contribution is 6.30. The van der Waals surface area contributed by atoms with E-state index >= 15 is 0 Å². The lowest BCUT2D eigenvalue weighted by Gasteiger charge is -2.10. The van der Waals surface area contributed by atoms with Crippen LogP contribution in [0.4, 0.5) is 0 Å². The van der Waals surface area contributed by atoms with Crippen molar-refractivity contribution in [2.24, 2.45) is 0 Å². The van der Waals surface area contributed by atoms with Crippen LogP contribution >= 0.6 is 11.6 Å². The summed E-state index contributed by atoms with van der Waals surface area (Å²) < 4.78 is 5.66. The molecule has 0 N–H and O–H groups in total. The molecule has 0 aliphatic heterocycles. The van der Waals surface area contributed by atoms with Gasteiger partial charge in [0.15, 0.2) is 5.78 Å². The first-order valence-electron chi connectivity index (χ1n) is 6.37. The minimum atomic E-state index is -0.787. The van der Waals surface area contributed by atoms with E-state index < -0.39 is 11.5 Å². The van der Waals surface area contributed by atoms with Gasteiger partial charge in [-0.2, -0.15) is 0 Å². The predicted molar refractivity (Wildman–Crippen MR) is 80.4 cm³/mol. The lowest BCUT2D eigenvalue weighted by molar-refractivity contribution is 0.0596. The first-order valence-corrected chi connectivity index (χ1v) is 6.75. The molecule has 0 atom stereocenters. The van der Waals surface area contributed by atoms with E-state index in [4.69, 9.17) is 11.6 Å². The third kappa shape index (κ3) is 3.23. The molecule has 0 amide bonds. The van der Waals surface area contributed by atoms with E-state index in [0.717, 1.165) is 10.8 Å². The molecule has 2 rings (SSSR count). The highest BCUT2D eigenvalue weighted by atomic mass is 35.5. The normalized spacial score (nSPS) is 10.3. The van der Waals surface area contributed by atoms with E-state index in [1.54, 1.807) is 31.2 Å². The summed E-state index contributed by atoms with van der Waals surface area (Å²) >= 11 is 5.77. The zero-order valence-corrected chi connectivity index (χ0v) is 12.8. The third-order valence-corrected chi connectivity index (χ3v) is 3.37. The molecule has 1 aromatic carbocycles. The number of benzene rings is 1.